The van der Waals surface area contributed by atoms with E-state index in [0.29, 0.717) is 12.1 Å². The highest BCUT2D eigenvalue weighted by Gasteiger charge is 2.22. The quantitative estimate of drug-likeness (QED) is 0.851. The summed E-state index contributed by atoms with van der Waals surface area (Å²) in [6, 6.07) is 9.57. The van der Waals surface area contributed by atoms with Crippen LogP contribution in [0.4, 0.5) is 0 Å². The smallest absolute Gasteiger partial charge is 0.122 e. The van der Waals surface area contributed by atoms with E-state index in [-0.39, 0.29) is 0 Å². The molecule has 0 saturated carbocycles. The number of benzene rings is 1. The molecule has 1 heterocycles. The number of likely N-dealkylation sites (tertiary alicyclic amines) is 1. The molecule has 1 aliphatic rings. The van der Waals surface area contributed by atoms with Crippen molar-refractivity contribution in [3.05, 3.63) is 29.8 Å². The normalized spacial score (nSPS) is 20.1. The average Bonchev–Trinajstić information content (AvgIpc) is 2.83. The molecule has 1 aromatic rings. The third-order valence-corrected chi connectivity index (χ3v) is 3.73. The van der Waals surface area contributed by atoms with E-state index in [4.69, 9.17) is 4.74 Å². The molecule has 0 radical (unpaired) electrons. The van der Waals surface area contributed by atoms with Gasteiger partial charge in [-0.25, -0.2) is 0 Å². The molecule has 106 valence electrons. The van der Waals surface area contributed by atoms with Gasteiger partial charge in [0.15, 0.2) is 0 Å². The van der Waals surface area contributed by atoms with Gasteiger partial charge in [0, 0.05) is 25.2 Å². The lowest BCUT2D eigenvalue weighted by molar-refractivity contribution is 0.325. The first-order valence-corrected chi connectivity index (χ1v) is 7.29. The zero-order valence-corrected chi connectivity index (χ0v) is 12.4. The summed E-state index contributed by atoms with van der Waals surface area (Å²) in [6.07, 6.45) is 2.34. The van der Waals surface area contributed by atoms with Crippen molar-refractivity contribution in [3.8, 4) is 5.75 Å². The second kappa shape index (κ2) is 6.92. The van der Waals surface area contributed by atoms with E-state index >= 15 is 0 Å². The number of nitrogens with zero attached hydrogens (tertiary/aromatic N) is 1. The SMILES string of the molecule is COc1ccccc1CCN1CCC(NC(C)C)C1. The van der Waals surface area contributed by atoms with Crippen molar-refractivity contribution in [1.29, 1.82) is 0 Å². The molecule has 1 fully saturated rings. The van der Waals surface area contributed by atoms with E-state index < -0.39 is 0 Å². The molecule has 1 atom stereocenters. The van der Waals surface area contributed by atoms with E-state index in [9.17, 15) is 0 Å². The van der Waals surface area contributed by atoms with Gasteiger partial charge in [0.25, 0.3) is 0 Å². The molecular weight excluding hydrogens is 236 g/mol. The summed E-state index contributed by atoms with van der Waals surface area (Å²) in [5.74, 6) is 1.01. The molecule has 3 nitrogen and oxygen atoms in total. The average molecular weight is 262 g/mol. The van der Waals surface area contributed by atoms with Crippen molar-refractivity contribution in [2.75, 3.05) is 26.7 Å². The van der Waals surface area contributed by atoms with Crippen LogP contribution in [0.3, 0.4) is 0 Å². The summed E-state index contributed by atoms with van der Waals surface area (Å²) in [7, 11) is 1.75. The number of nitrogens with one attached hydrogen (secondary N) is 1. The van der Waals surface area contributed by atoms with E-state index in [1.807, 2.05) is 12.1 Å². The monoisotopic (exact) mass is 262 g/mol. The Labute approximate surface area is 116 Å². The van der Waals surface area contributed by atoms with Gasteiger partial charge >= 0.3 is 0 Å². The molecule has 19 heavy (non-hydrogen) atoms. The van der Waals surface area contributed by atoms with Crippen LogP contribution in [0, 0.1) is 0 Å². The molecule has 0 bridgehead atoms. The number of para-hydroxylation sites is 1. The molecule has 1 N–H and O–H groups in total. The minimum Gasteiger partial charge on any atom is -0.496 e. The third-order valence-electron chi connectivity index (χ3n) is 3.73. The maximum absolute atomic E-state index is 5.40. The maximum Gasteiger partial charge on any atom is 0.122 e. The minimum absolute atomic E-state index is 0.583. The predicted molar refractivity (Wildman–Crippen MR) is 79.8 cm³/mol. The zero-order valence-electron chi connectivity index (χ0n) is 12.4. The highest BCUT2D eigenvalue weighted by Crippen LogP contribution is 2.19. The van der Waals surface area contributed by atoms with Crippen LogP contribution in [-0.2, 0) is 6.42 Å². The van der Waals surface area contributed by atoms with Crippen LogP contribution in [0.25, 0.3) is 0 Å². The Morgan fingerprint density at radius 2 is 2.16 bits per heavy atom. The van der Waals surface area contributed by atoms with Crippen LogP contribution in [0.1, 0.15) is 25.8 Å². The van der Waals surface area contributed by atoms with E-state index in [2.05, 4.69) is 36.2 Å². The molecular formula is C16H26N2O. The number of hydrogen-bond donors (Lipinski definition) is 1. The Kier molecular flexibility index (Phi) is 5.23. The first kappa shape index (κ1) is 14.4. The van der Waals surface area contributed by atoms with Gasteiger partial charge < -0.3 is 15.0 Å². The van der Waals surface area contributed by atoms with Crippen LogP contribution < -0.4 is 10.1 Å². The van der Waals surface area contributed by atoms with Crippen LogP contribution in [0.15, 0.2) is 24.3 Å². The number of rotatable bonds is 6. The lowest BCUT2D eigenvalue weighted by Gasteiger charge is -2.18. The second-order valence-electron chi connectivity index (χ2n) is 5.67. The summed E-state index contributed by atoms with van der Waals surface area (Å²) >= 11 is 0. The van der Waals surface area contributed by atoms with Gasteiger partial charge in [-0.2, -0.15) is 0 Å². The molecule has 3 heteroatoms. The Hall–Kier alpha value is -1.06. The lowest BCUT2D eigenvalue weighted by Crippen LogP contribution is -2.37. The predicted octanol–water partition coefficient (Wildman–Crippen LogP) is 2.31. The summed E-state index contributed by atoms with van der Waals surface area (Å²) in [5, 5.41) is 3.63. The Morgan fingerprint density at radius 1 is 1.37 bits per heavy atom. The molecule has 2 rings (SSSR count). The highest BCUT2D eigenvalue weighted by atomic mass is 16.5. The highest BCUT2D eigenvalue weighted by molar-refractivity contribution is 5.33. The van der Waals surface area contributed by atoms with E-state index in [0.717, 1.165) is 18.7 Å². The van der Waals surface area contributed by atoms with E-state index in [1.165, 1.54) is 25.1 Å². The summed E-state index contributed by atoms with van der Waals surface area (Å²) in [4.78, 5) is 2.55. The molecule has 1 aliphatic heterocycles. The molecule has 1 unspecified atom stereocenters. The first-order valence-electron chi connectivity index (χ1n) is 7.29. The van der Waals surface area contributed by atoms with Gasteiger partial charge in [-0.3, -0.25) is 0 Å². The van der Waals surface area contributed by atoms with Gasteiger partial charge in [-0.15, -0.1) is 0 Å². The molecule has 1 aromatic carbocycles. The van der Waals surface area contributed by atoms with Crippen LogP contribution in [0.5, 0.6) is 5.75 Å². The molecule has 0 aliphatic carbocycles. The van der Waals surface area contributed by atoms with Crippen LogP contribution >= 0.6 is 0 Å². The topological polar surface area (TPSA) is 24.5 Å². The number of ether oxygens (including phenoxy) is 1. The van der Waals surface area contributed by atoms with Crippen molar-refractivity contribution >= 4 is 0 Å². The third kappa shape index (κ3) is 4.22. The van der Waals surface area contributed by atoms with E-state index in [1.54, 1.807) is 7.11 Å². The van der Waals surface area contributed by atoms with Crippen molar-refractivity contribution in [2.24, 2.45) is 0 Å². The molecule has 0 amide bonds. The second-order valence-corrected chi connectivity index (χ2v) is 5.67. The standard InChI is InChI=1S/C16H26N2O/c1-13(2)17-15-9-11-18(12-15)10-8-14-6-4-5-7-16(14)19-3/h4-7,13,15,17H,8-12H2,1-3H3. The van der Waals surface area contributed by atoms with Crippen molar-refractivity contribution in [3.63, 3.8) is 0 Å². The fourth-order valence-corrected chi connectivity index (χ4v) is 2.83. The lowest BCUT2D eigenvalue weighted by atomic mass is 10.1. The van der Waals surface area contributed by atoms with Crippen molar-refractivity contribution in [2.45, 2.75) is 38.8 Å². The zero-order chi connectivity index (χ0) is 13.7. The Balaban J connectivity index is 1.80. The molecule has 1 saturated heterocycles. The van der Waals surface area contributed by atoms with Crippen LogP contribution in [-0.4, -0.2) is 43.7 Å². The fourth-order valence-electron chi connectivity index (χ4n) is 2.83. The largest absolute Gasteiger partial charge is 0.496 e. The van der Waals surface area contributed by atoms with Crippen LogP contribution in [0.2, 0.25) is 0 Å². The summed E-state index contributed by atoms with van der Waals surface area (Å²) < 4.78 is 5.40. The van der Waals surface area contributed by atoms with Gasteiger partial charge in [0.05, 0.1) is 7.11 Å². The van der Waals surface area contributed by atoms with Gasteiger partial charge in [-0.05, 0) is 31.0 Å². The van der Waals surface area contributed by atoms with Gasteiger partial charge in [0.2, 0.25) is 0 Å². The maximum atomic E-state index is 5.40. The fraction of sp³-hybridized carbons (Fsp3) is 0.625. The first-order chi connectivity index (χ1) is 9.19. The van der Waals surface area contributed by atoms with Gasteiger partial charge in [0.1, 0.15) is 5.75 Å². The molecule has 0 spiro atoms. The Bertz CT molecular complexity index is 392. The van der Waals surface area contributed by atoms with Crippen molar-refractivity contribution in [1.82, 2.24) is 10.2 Å². The summed E-state index contributed by atoms with van der Waals surface area (Å²) in [6.45, 7) is 7.94. The molecule has 0 aromatic heterocycles. The van der Waals surface area contributed by atoms with Crippen molar-refractivity contribution < 1.29 is 4.74 Å². The summed E-state index contributed by atoms with van der Waals surface area (Å²) in [5.41, 5.74) is 1.31. The Morgan fingerprint density at radius 3 is 2.89 bits per heavy atom. The van der Waals surface area contributed by atoms with Gasteiger partial charge in [-0.1, -0.05) is 32.0 Å². The number of hydrogen-bond acceptors (Lipinski definition) is 3. The number of methoxy groups -OCH3 is 1. The minimum atomic E-state index is 0.583.